The van der Waals surface area contributed by atoms with E-state index in [1.807, 2.05) is 0 Å². The Labute approximate surface area is 235 Å². The summed E-state index contributed by atoms with van der Waals surface area (Å²) in [7, 11) is 0. The molecule has 0 aromatic carbocycles. The van der Waals surface area contributed by atoms with Crippen LogP contribution in [0.4, 0.5) is 4.39 Å². The highest BCUT2D eigenvalue weighted by Crippen LogP contribution is 1.87. The molecule has 0 fully saturated rings. The van der Waals surface area contributed by atoms with Gasteiger partial charge in [-0.3, -0.25) is 0 Å². The highest BCUT2D eigenvalue weighted by molar-refractivity contribution is 14.1. The van der Waals surface area contributed by atoms with Gasteiger partial charge in [-0.25, -0.2) is 4.39 Å². The van der Waals surface area contributed by atoms with Crippen LogP contribution in [0.2, 0.25) is 0 Å². The molecule has 0 unspecified atom stereocenters. The third-order valence-electron chi connectivity index (χ3n) is 4.16. The second-order valence-corrected chi connectivity index (χ2v) is 8.19. The number of rotatable bonds is 34. The largest absolute Gasteiger partial charge is 0.378 e. The molecule has 0 heterocycles. The molecule has 0 aliphatic rings. The molecule has 0 rings (SSSR count). The van der Waals surface area contributed by atoms with Crippen molar-refractivity contribution in [3.63, 3.8) is 0 Å². The van der Waals surface area contributed by atoms with Gasteiger partial charge in [0.2, 0.25) is 0 Å². The van der Waals surface area contributed by atoms with Crippen molar-refractivity contribution in [3.05, 3.63) is 0 Å². The van der Waals surface area contributed by atoms with Gasteiger partial charge in [0.25, 0.3) is 0 Å². The Bertz CT molecular complexity index is 370. The van der Waals surface area contributed by atoms with Gasteiger partial charge < -0.3 is 52.1 Å². The maximum atomic E-state index is 11.8. The van der Waals surface area contributed by atoms with E-state index in [1.54, 1.807) is 0 Å². The summed E-state index contributed by atoms with van der Waals surface area (Å²) in [6, 6.07) is 0. The van der Waals surface area contributed by atoms with Gasteiger partial charge >= 0.3 is 0 Å². The van der Waals surface area contributed by atoms with E-state index in [2.05, 4.69) is 22.6 Å². The highest BCUT2D eigenvalue weighted by atomic mass is 127. The number of hydrogen-bond donors (Lipinski definition) is 0. The molecule has 0 bridgehead atoms. The third kappa shape index (κ3) is 36.2. The Kier molecular flexibility index (Phi) is 36.4. The number of ether oxygens (including phenoxy) is 11. The van der Waals surface area contributed by atoms with Crippen LogP contribution in [0.15, 0.2) is 0 Å². The highest BCUT2D eigenvalue weighted by Gasteiger charge is 1.96. The second-order valence-electron chi connectivity index (χ2n) is 7.11. The minimum absolute atomic E-state index is 0.116. The zero-order chi connectivity index (χ0) is 26.7. The average Bonchev–Trinajstić information content (AvgIpc) is 2.91. The number of hydrogen-bond acceptors (Lipinski definition) is 11. The van der Waals surface area contributed by atoms with Crippen molar-refractivity contribution in [2.75, 3.05) is 156 Å². The van der Waals surface area contributed by atoms with Crippen LogP contribution in [0.25, 0.3) is 0 Å². The van der Waals surface area contributed by atoms with Crippen LogP contribution in [0.5, 0.6) is 0 Å². The maximum absolute atomic E-state index is 11.8. The fourth-order valence-corrected chi connectivity index (χ4v) is 2.72. The van der Waals surface area contributed by atoms with Crippen LogP contribution in [0.3, 0.4) is 0 Å². The Hall–Kier alpha value is 0.220. The summed E-state index contributed by atoms with van der Waals surface area (Å²) in [6.07, 6.45) is 0. The van der Waals surface area contributed by atoms with E-state index in [0.717, 1.165) is 11.0 Å². The van der Waals surface area contributed by atoms with E-state index >= 15 is 0 Å². The summed E-state index contributed by atoms with van der Waals surface area (Å²) in [5.74, 6) is 0. The maximum Gasteiger partial charge on any atom is 0.113 e. The summed E-state index contributed by atoms with van der Waals surface area (Å²) in [5.41, 5.74) is 0. The molecule has 0 aromatic rings. The summed E-state index contributed by atoms with van der Waals surface area (Å²) in [6.45, 7) is 10.7. The van der Waals surface area contributed by atoms with Crippen LogP contribution >= 0.6 is 22.6 Å². The van der Waals surface area contributed by atoms with E-state index in [0.29, 0.717) is 132 Å². The van der Waals surface area contributed by atoms with Gasteiger partial charge in [-0.15, -0.1) is 0 Å². The zero-order valence-corrected chi connectivity index (χ0v) is 24.4. The van der Waals surface area contributed by atoms with Gasteiger partial charge in [-0.1, -0.05) is 22.6 Å². The third-order valence-corrected chi connectivity index (χ3v) is 4.60. The first-order chi connectivity index (χ1) is 18.4. The molecule has 0 aliphatic heterocycles. The molecule has 0 atom stereocenters. The Morgan fingerprint density at radius 3 is 0.595 bits per heavy atom. The van der Waals surface area contributed by atoms with Gasteiger partial charge in [0.15, 0.2) is 0 Å². The monoisotopic (exact) mass is 658 g/mol. The molecular formula is C24H48FIO11. The molecule has 0 N–H and O–H groups in total. The van der Waals surface area contributed by atoms with Crippen molar-refractivity contribution >= 4 is 22.6 Å². The Morgan fingerprint density at radius 2 is 0.432 bits per heavy atom. The van der Waals surface area contributed by atoms with Gasteiger partial charge in [-0.05, 0) is 0 Å². The molecule has 13 heteroatoms. The zero-order valence-electron chi connectivity index (χ0n) is 22.2. The predicted octanol–water partition coefficient (Wildman–Crippen LogP) is 1.57. The van der Waals surface area contributed by atoms with Crippen LogP contribution in [0.1, 0.15) is 0 Å². The van der Waals surface area contributed by atoms with E-state index in [4.69, 9.17) is 52.1 Å². The van der Waals surface area contributed by atoms with Gasteiger partial charge in [0, 0.05) is 4.43 Å². The minimum atomic E-state index is -0.472. The first-order valence-electron chi connectivity index (χ1n) is 12.9. The van der Waals surface area contributed by atoms with E-state index in [9.17, 15) is 4.39 Å². The topological polar surface area (TPSA) is 102 Å². The lowest BCUT2D eigenvalue weighted by Crippen LogP contribution is -2.15. The predicted molar refractivity (Wildman–Crippen MR) is 144 cm³/mol. The molecule has 0 saturated carbocycles. The molecule has 11 nitrogen and oxygen atoms in total. The Balaban J connectivity index is 3.00. The molecule has 0 aliphatic carbocycles. The second kappa shape index (κ2) is 36.2. The lowest BCUT2D eigenvalue weighted by Gasteiger charge is -2.09. The van der Waals surface area contributed by atoms with Crippen molar-refractivity contribution in [1.82, 2.24) is 0 Å². The lowest BCUT2D eigenvalue weighted by atomic mass is 10.6. The van der Waals surface area contributed by atoms with Crippen molar-refractivity contribution in [2.45, 2.75) is 0 Å². The average molecular weight is 659 g/mol. The van der Waals surface area contributed by atoms with Crippen LogP contribution in [-0.2, 0) is 52.1 Å². The van der Waals surface area contributed by atoms with Crippen molar-refractivity contribution in [2.24, 2.45) is 0 Å². The van der Waals surface area contributed by atoms with Gasteiger partial charge in [-0.2, -0.15) is 0 Å². The first kappa shape index (κ1) is 37.2. The molecule has 0 amide bonds. The summed E-state index contributed by atoms with van der Waals surface area (Å²) < 4.78 is 71.7. The Morgan fingerprint density at radius 1 is 0.270 bits per heavy atom. The lowest BCUT2D eigenvalue weighted by molar-refractivity contribution is -0.0274. The number of halogens is 2. The molecule has 37 heavy (non-hydrogen) atoms. The van der Waals surface area contributed by atoms with Gasteiger partial charge in [0.05, 0.1) is 145 Å². The van der Waals surface area contributed by atoms with Crippen molar-refractivity contribution in [1.29, 1.82) is 0 Å². The summed E-state index contributed by atoms with van der Waals surface area (Å²) in [5, 5.41) is 0. The fraction of sp³-hybridized carbons (Fsp3) is 1.00. The first-order valence-corrected chi connectivity index (χ1v) is 14.4. The molecular weight excluding hydrogens is 610 g/mol. The smallest absolute Gasteiger partial charge is 0.113 e. The molecule has 0 aromatic heterocycles. The molecule has 0 saturated heterocycles. The minimum Gasteiger partial charge on any atom is -0.378 e. The van der Waals surface area contributed by atoms with Crippen molar-refractivity contribution < 1.29 is 56.5 Å². The van der Waals surface area contributed by atoms with E-state index < -0.39 is 6.67 Å². The van der Waals surface area contributed by atoms with Crippen LogP contribution < -0.4 is 0 Å². The van der Waals surface area contributed by atoms with Crippen molar-refractivity contribution in [3.8, 4) is 0 Å². The fourth-order valence-electron chi connectivity index (χ4n) is 2.41. The normalized spacial score (nSPS) is 11.5. The van der Waals surface area contributed by atoms with E-state index in [-0.39, 0.29) is 6.61 Å². The number of alkyl halides is 2. The van der Waals surface area contributed by atoms with Crippen LogP contribution in [-0.4, -0.2) is 156 Å². The quantitative estimate of drug-likeness (QED) is 0.0573. The standard InChI is InChI=1S/C24H48FIO11/c25-1-3-27-5-7-29-9-11-31-13-15-33-17-19-35-21-23-37-24-22-36-20-18-34-16-14-32-12-10-30-8-6-28-4-2-26/h1-24H2. The molecule has 0 spiro atoms. The summed E-state index contributed by atoms with van der Waals surface area (Å²) >= 11 is 2.27. The molecule has 0 radical (unpaired) electrons. The van der Waals surface area contributed by atoms with Gasteiger partial charge in [0.1, 0.15) is 6.67 Å². The SMILES string of the molecule is FCCOCCOCCOCCOCCOCCOCCOCCOCCOCCOCCOCCI. The van der Waals surface area contributed by atoms with E-state index in [1.165, 1.54) is 0 Å². The molecule has 224 valence electrons. The summed E-state index contributed by atoms with van der Waals surface area (Å²) in [4.78, 5) is 0. The van der Waals surface area contributed by atoms with Crippen LogP contribution in [0, 0.1) is 0 Å².